The average Bonchev–Trinajstić information content (AvgIpc) is 3.10. The minimum atomic E-state index is -0.840. The number of hydrogen-bond donors (Lipinski definition) is 1. The molecule has 0 radical (unpaired) electrons. The van der Waals surface area contributed by atoms with Gasteiger partial charge in [-0.25, -0.2) is 0 Å². The van der Waals surface area contributed by atoms with Gasteiger partial charge in [0.1, 0.15) is 17.3 Å². The van der Waals surface area contributed by atoms with Gasteiger partial charge < -0.3 is 14.6 Å². The molecule has 1 aliphatic heterocycles. The fourth-order valence-corrected chi connectivity index (χ4v) is 3.75. The van der Waals surface area contributed by atoms with Crippen molar-refractivity contribution in [1.82, 2.24) is 4.98 Å². The van der Waals surface area contributed by atoms with Crippen molar-refractivity contribution < 1.29 is 24.2 Å². The fraction of sp³-hybridized carbons (Fsp3) is 0.160. The summed E-state index contributed by atoms with van der Waals surface area (Å²) in [7, 11) is 1.55. The van der Waals surface area contributed by atoms with E-state index in [9.17, 15) is 14.7 Å². The predicted octanol–water partition coefficient (Wildman–Crippen LogP) is 4.12. The standard InChI is InChI=1S/C25H22N2O5/c1-3-32-20-8-4-6-16(14-20)23(28)21-22(17-7-5-13-26-15-17)27(25(30)24(21)29)18-9-11-19(31-2)12-10-18/h4-15,22,28H,3H2,1-2H3/b23-21-. The molecule has 1 amide bonds. The number of aliphatic hydroxyl groups excluding tert-OH is 1. The molecule has 162 valence electrons. The average molecular weight is 430 g/mol. The van der Waals surface area contributed by atoms with Crippen molar-refractivity contribution in [2.45, 2.75) is 13.0 Å². The SMILES string of the molecule is CCOc1cccc(/C(O)=C2/C(=O)C(=O)N(c3ccc(OC)cc3)C2c2cccnc2)c1. The van der Waals surface area contributed by atoms with E-state index in [0.29, 0.717) is 34.9 Å². The first kappa shape index (κ1) is 21.1. The summed E-state index contributed by atoms with van der Waals surface area (Å²) in [5.41, 5.74) is 1.49. The Morgan fingerprint density at radius 2 is 1.84 bits per heavy atom. The number of ketones is 1. The van der Waals surface area contributed by atoms with E-state index < -0.39 is 17.7 Å². The van der Waals surface area contributed by atoms with Crippen LogP contribution in [0.2, 0.25) is 0 Å². The number of Topliss-reactive ketones (excluding diaryl/α,β-unsaturated/α-hetero) is 1. The van der Waals surface area contributed by atoms with Gasteiger partial charge in [0.15, 0.2) is 0 Å². The van der Waals surface area contributed by atoms with Crippen LogP contribution in [0, 0.1) is 0 Å². The van der Waals surface area contributed by atoms with E-state index >= 15 is 0 Å². The molecule has 1 aromatic heterocycles. The first-order chi connectivity index (χ1) is 15.5. The molecular formula is C25H22N2O5. The van der Waals surface area contributed by atoms with E-state index in [2.05, 4.69) is 4.98 Å². The number of ether oxygens (including phenoxy) is 2. The molecule has 32 heavy (non-hydrogen) atoms. The number of aliphatic hydroxyl groups is 1. The van der Waals surface area contributed by atoms with Crippen LogP contribution in [0.5, 0.6) is 11.5 Å². The maximum atomic E-state index is 13.1. The number of amides is 1. The van der Waals surface area contributed by atoms with Gasteiger partial charge in [-0.1, -0.05) is 18.2 Å². The zero-order valence-corrected chi connectivity index (χ0v) is 17.7. The molecule has 1 unspecified atom stereocenters. The molecule has 1 atom stereocenters. The van der Waals surface area contributed by atoms with Gasteiger partial charge in [0.05, 0.1) is 25.3 Å². The lowest BCUT2D eigenvalue weighted by atomic mass is 9.96. The van der Waals surface area contributed by atoms with Crippen molar-refractivity contribution >= 4 is 23.1 Å². The van der Waals surface area contributed by atoms with E-state index in [1.165, 1.54) is 4.90 Å². The summed E-state index contributed by atoms with van der Waals surface area (Å²) in [5.74, 6) is -0.592. The van der Waals surface area contributed by atoms with Crippen molar-refractivity contribution in [2.75, 3.05) is 18.6 Å². The highest BCUT2D eigenvalue weighted by molar-refractivity contribution is 6.51. The van der Waals surface area contributed by atoms with E-state index in [1.54, 1.807) is 80.2 Å². The van der Waals surface area contributed by atoms with Crippen LogP contribution in [0.3, 0.4) is 0 Å². The Morgan fingerprint density at radius 1 is 1.06 bits per heavy atom. The Bertz CT molecular complexity index is 1170. The van der Waals surface area contributed by atoms with Gasteiger partial charge in [0, 0.05) is 23.6 Å². The molecule has 0 aliphatic carbocycles. The Morgan fingerprint density at radius 3 is 2.50 bits per heavy atom. The Hall–Kier alpha value is -4.13. The number of benzene rings is 2. The topological polar surface area (TPSA) is 89.0 Å². The Labute approximate surface area is 185 Å². The molecular weight excluding hydrogens is 408 g/mol. The number of hydrogen-bond acceptors (Lipinski definition) is 6. The molecule has 1 saturated heterocycles. The Kier molecular flexibility index (Phi) is 5.89. The van der Waals surface area contributed by atoms with Crippen molar-refractivity contribution in [3.63, 3.8) is 0 Å². The zero-order valence-electron chi connectivity index (χ0n) is 17.7. The second-order valence-corrected chi connectivity index (χ2v) is 7.11. The molecule has 1 N–H and O–H groups in total. The maximum absolute atomic E-state index is 13.1. The summed E-state index contributed by atoms with van der Waals surface area (Å²) < 4.78 is 10.7. The number of nitrogens with zero attached hydrogens (tertiary/aromatic N) is 2. The molecule has 2 aromatic carbocycles. The van der Waals surface area contributed by atoms with Crippen molar-refractivity contribution in [1.29, 1.82) is 0 Å². The zero-order chi connectivity index (χ0) is 22.7. The number of aromatic nitrogens is 1. The highest BCUT2D eigenvalue weighted by atomic mass is 16.5. The van der Waals surface area contributed by atoms with Crippen molar-refractivity contribution in [2.24, 2.45) is 0 Å². The molecule has 7 nitrogen and oxygen atoms in total. The summed E-state index contributed by atoms with van der Waals surface area (Å²) in [6.07, 6.45) is 3.19. The molecule has 3 aromatic rings. The number of carbonyl (C=O) groups is 2. The lowest BCUT2D eigenvalue weighted by molar-refractivity contribution is -0.132. The van der Waals surface area contributed by atoms with Gasteiger partial charge in [0.2, 0.25) is 0 Å². The van der Waals surface area contributed by atoms with Gasteiger partial charge in [-0.2, -0.15) is 0 Å². The monoisotopic (exact) mass is 430 g/mol. The molecule has 2 heterocycles. The van der Waals surface area contributed by atoms with E-state index in [-0.39, 0.29) is 11.3 Å². The largest absolute Gasteiger partial charge is 0.507 e. The third-order valence-electron chi connectivity index (χ3n) is 5.21. The van der Waals surface area contributed by atoms with E-state index in [4.69, 9.17) is 9.47 Å². The van der Waals surface area contributed by atoms with Crippen LogP contribution in [0.1, 0.15) is 24.1 Å². The summed E-state index contributed by atoms with van der Waals surface area (Å²) >= 11 is 0. The number of pyridine rings is 1. The van der Waals surface area contributed by atoms with Crippen molar-refractivity contribution in [3.05, 3.63) is 89.8 Å². The van der Waals surface area contributed by atoms with Crippen LogP contribution in [-0.4, -0.2) is 35.5 Å². The minimum Gasteiger partial charge on any atom is -0.507 e. The summed E-state index contributed by atoms with van der Waals surface area (Å²) in [6.45, 7) is 2.32. The molecule has 0 saturated carbocycles. The molecule has 1 fully saturated rings. The van der Waals surface area contributed by atoms with E-state index in [0.717, 1.165) is 0 Å². The highest BCUT2D eigenvalue weighted by Crippen LogP contribution is 2.42. The Balaban J connectivity index is 1.89. The van der Waals surface area contributed by atoms with Gasteiger partial charge >= 0.3 is 0 Å². The van der Waals surface area contributed by atoms with Crippen molar-refractivity contribution in [3.8, 4) is 11.5 Å². The molecule has 4 rings (SSSR count). The summed E-state index contributed by atoms with van der Waals surface area (Å²) in [4.78, 5) is 31.8. The molecule has 1 aliphatic rings. The number of rotatable bonds is 6. The summed E-state index contributed by atoms with van der Waals surface area (Å²) in [6, 6.07) is 16.2. The predicted molar refractivity (Wildman–Crippen MR) is 120 cm³/mol. The van der Waals surface area contributed by atoms with Crippen LogP contribution in [0.4, 0.5) is 5.69 Å². The second-order valence-electron chi connectivity index (χ2n) is 7.11. The fourth-order valence-electron chi connectivity index (χ4n) is 3.75. The van der Waals surface area contributed by atoms with Gasteiger partial charge in [-0.3, -0.25) is 19.5 Å². The summed E-state index contributed by atoms with van der Waals surface area (Å²) in [5, 5.41) is 11.2. The van der Waals surface area contributed by atoms with Crippen LogP contribution < -0.4 is 14.4 Å². The maximum Gasteiger partial charge on any atom is 0.300 e. The van der Waals surface area contributed by atoms with Crippen LogP contribution in [0.25, 0.3) is 5.76 Å². The number of carbonyl (C=O) groups excluding carboxylic acids is 2. The normalized spacial score (nSPS) is 17.4. The van der Waals surface area contributed by atoms with Crippen LogP contribution >= 0.6 is 0 Å². The highest BCUT2D eigenvalue weighted by Gasteiger charge is 2.47. The molecule has 7 heteroatoms. The van der Waals surface area contributed by atoms with Gasteiger partial charge in [-0.15, -0.1) is 0 Å². The second kappa shape index (κ2) is 8.93. The quantitative estimate of drug-likeness (QED) is 0.360. The first-order valence-electron chi connectivity index (χ1n) is 10.1. The van der Waals surface area contributed by atoms with E-state index in [1.807, 2.05) is 6.92 Å². The third-order valence-corrected chi connectivity index (χ3v) is 5.21. The first-order valence-corrected chi connectivity index (χ1v) is 10.1. The molecule has 0 bridgehead atoms. The van der Waals surface area contributed by atoms with Crippen LogP contribution in [0.15, 0.2) is 78.6 Å². The number of anilines is 1. The van der Waals surface area contributed by atoms with Crippen LogP contribution in [-0.2, 0) is 9.59 Å². The number of methoxy groups -OCH3 is 1. The minimum absolute atomic E-state index is 0.00698. The lowest BCUT2D eigenvalue weighted by Gasteiger charge is -2.25. The third kappa shape index (κ3) is 3.80. The van der Waals surface area contributed by atoms with Gasteiger partial charge in [0.25, 0.3) is 11.7 Å². The lowest BCUT2D eigenvalue weighted by Crippen LogP contribution is -2.29. The molecule has 0 spiro atoms. The smallest absolute Gasteiger partial charge is 0.300 e. The van der Waals surface area contributed by atoms with Gasteiger partial charge in [-0.05, 0) is 55.0 Å².